The molecule has 0 aliphatic rings. The number of alkyl halides is 1. The van der Waals surface area contributed by atoms with Crippen LogP contribution >= 0.6 is 11.6 Å². The number of carbonyl (C=O) groups is 1. The van der Waals surface area contributed by atoms with E-state index in [0.717, 1.165) is 18.4 Å². The van der Waals surface area contributed by atoms with Crippen LogP contribution in [0.15, 0.2) is 18.2 Å². The van der Waals surface area contributed by atoms with Crippen molar-refractivity contribution in [1.82, 2.24) is 5.32 Å². The predicted octanol–water partition coefficient (Wildman–Crippen LogP) is 2.65. The van der Waals surface area contributed by atoms with E-state index in [9.17, 15) is 14.9 Å². The first-order valence-corrected chi connectivity index (χ1v) is 6.19. The molecule has 5 nitrogen and oxygen atoms in total. The van der Waals surface area contributed by atoms with Gasteiger partial charge >= 0.3 is 0 Å². The van der Waals surface area contributed by atoms with Crippen LogP contribution in [0.1, 0.15) is 28.8 Å². The summed E-state index contributed by atoms with van der Waals surface area (Å²) < 4.78 is 0. The van der Waals surface area contributed by atoms with Crippen LogP contribution in [0.4, 0.5) is 5.69 Å². The molecule has 98 valence electrons. The van der Waals surface area contributed by atoms with Crippen LogP contribution in [0, 0.1) is 17.0 Å². The summed E-state index contributed by atoms with van der Waals surface area (Å²) in [5.41, 5.74) is 0.983. The van der Waals surface area contributed by atoms with E-state index in [1.165, 1.54) is 12.1 Å². The Balaban J connectivity index is 2.72. The molecule has 0 fully saturated rings. The molecule has 0 spiro atoms. The quantitative estimate of drug-likeness (QED) is 0.374. The number of hydrogen-bond donors (Lipinski definition) is 1. The van der Waals surface area contributed by atoms with Gasteiger partial charge in [-0.05, 0) is 25.3 Å². The molecular formula is C12H15ClN2O3. The third kappa shape index (κ3) is 4.00. The van der Waals surface area contributed by atoms with Crippen LogP contribution in [-0.2, 0) is 0 Å². The Bertz CT molecular complexity index is 449. The molecule has 0 saturated heterocycles. The fourth-order valence-corrected chi connectivity index (χ4v) is 1.67. The van der Waals surface area contributed by atoms with Crippen LogP contribution in [0.3, 0.4) is 0 Å². The van der Waals surface area contributed by atoms with Gasteiger partial charge in [0.25, 0.3) is 11.6 Å². The molecule has 0 unspecified atom stereocenters. The Morgan fingerprint density at radius 2 is 2.17 bits per heavy atom. The second kappa shape index (κ2) is 6.96. The number of non-ortho nitro benzene ring substituents is 1. The van der Waals surface area contributed by atoms with Gasteiger partial charge in [0.1, 0.15) is 0 Å². The number of carbonyl (C=O) groups excluding carboxylic acids is 1. The minimum atomic E-state index is -0.510. The van der Waals surface area contributed by atoms with Crippen molar-refractivity contribution in [2.75, 3.05) is 12.4 Å². The number of halogens is 1. The second-order valence-corrected chi connectivity index (χ2v) is 4.29. The third-order valence-electron chi connectivity index (χ3n) is 2.52. The molecule has 0 aromatic heterocycles. The van der Waals surface area contributed by atoms with Crippen molar-refractivity contribution in [2.45, 2.75) is 19.8 Å². The van der Waals surface area contributed by atoms with Gasteiger partial charge in [-0.3, -0.25) is 14.9 Å². The van der Waals surface area contributed by atoms with Crippen molar-refractivity contribution in [3.8, 4) is 0 Å². The highest BCUT2D eigenvalue weighted by molar-refractivity contribution is 6.17. The SMILES string of the molecule is Cc1ccc([N+](=O)[O-])cc1C(=O)NCCCCCl. The highest BCUT2D eigenvalue weighted by atomic mass is 35.5. The summed E-state index contributed by atoms with van der Waals surface area (Å²) in [7, 11) is 0. The summed E-state index contributed by atoms with van der Waals surface area (Å²) in [5.74, 6) is 0.275. The summed E-state index contributed by atoms with van der Waals surface area (Å²) in [6.45, 7) is 2.27. The third-order valence-corrected chi connectivity index (χ3v) is 2.79. The minimum absolute atomic E-state index is 0.0773. The van der Waals surface area contributed by atoms with Crippen molar-refractivity contribution in [1.29, 1.82) is 0 Å². The van der Waals surface area contributed by atoms with Gasteiger partial charge in [-0.2, -0.15) is 0 Å². The molecule has 1 amide bonds. The van der Waals surface area contributed by atoms with Gasteiger partial charge < -0.3 is 5.32 Å². The van der Waals surface area contributed by atoms with E-state index in [-0.39, 0.29) is 11.6 Å². The first-order valence-electron chi connectivity index (χ1n) is 5.65. The van der Waals surface area contributed by atoms with Crippen LogP contribution in [0.2, 0.25) is 0 Å². The van der Waals surface area contributed by atoms with Gasteiger partial charge in [0.2, 0.25) is 0 Å². The van der Waals surface area contributed by atoms with Crippen molar-refractivity contribution in [3.05, 3.63) is 39.4 Å². The molecule has 1 aromatic carbocycles. The van der Waals surface area contributed by atoms with Gasteiger partial charge in [0, 0.05) is 30.1 Å². The Morgan fingerprint density at radius 3 is 2.78 bits per heavy atom. The lowest BCUT2D eigenvalue weighted by Gasteiger charge is -2.07. The molecule has 0 aliphatic heterocycles. The standard InChI is InChI=1S/C12H15ClN2O3/c1-9-4-5-10(15(17)18)8-11(9)12(16)14-7-3-2-6-13/h4-5,8H,2-3,6-7H2,1H3,(H,14,16). The molecule has 0 radical (unpaired) electrons. The largest absolute Gasteiger partial charge is 0.352 e. The topological polar surface area (TPSA) is 72.2 Å². The van der Waals surface area contributed by atoms with Crippen LogP contribution in [-0.4, -0.2) is 23.3 Å². The number of nitro groups is 1. The molecule has 18 heavy (non-hydrogen) atoms. The number of rotatable bonds is 6. The highest BCUT2D eigenvalue weighted by Crippen LogP contribution is 2.17. The zero-order valence-electron chi connectivity index (χ0n) is 10.1. The van der Waals surface area contributed by atoms with Gasteiger partial charge in [-0.25, -0.2) is 0 Å². The molecule has 1 N–H and O–H groups in total. The molecule has 0 saturated carbocycles. The minimum Gasteiger partial charge on any atom is -0.352 e. The zero-order chi connectivity index (χ0) is 13.5. The van der Waals surface area contributed by atoms with Gasteiger partial charge in [-0.15, -0.1) is 11.6 Å². The smallest absolute Gasteiger partial charge is 0.270 e. The molecule has 0 bridgehead atoms. The zero-order valence-corrected chi connectivity index (χ0v) is 10.9. The van der Waals surface area contributed by atoms with Crippen LogP contribution in [0.5, 0.6) is 0 Å². The predicted molar refractivity (Wildman–Crippen MR) is 70.1 cm³/mol. The Labute approximate surface area is 110 Å². The number of nitrogens with one attached hydrogen (secondary N) is 1. The van der Waals surface area contributed by atoms with E-state index < -0.39 is 4.92 Å². The molecule has 0 atom stereocenters. The van der Waals surface area contributed by atoms with E-state index in [1.807, 2.05) is 0 Å². The maximum absolute atomic E-state index is 11.8. The molecular weight excluding hydrogens is 256 g/mol. The monoisotopic (exact) mass is 270 g/mol. The normalized spacial score (nSPS) is 10.1. The van der Waals surface area contributed by atoms with Crippen molar-refractivity contribution in [2.24, 2.45) is 0 Å². The number of aryl methyl sites for hydroxylation is 1. The van der Waals surface area contributed by atoms with Crippen molar-refractivity contribution >= 4 is 23.2 Å². The number of nitro benzene ring substituents is 1. The maximum atomic E-state index is 11.8. The first kappa shape index (κ1) is 14.4. The molecule has 1 aromatic rings. The fraction of sp³-hybridized carbons (Fsp3) is 0.417. The van der Waals surface area contributed by atoms with E-state index in [0.29, 0.717) is 18.0 Å². The van der Waals surface area contributed by atoms with Crippen LogP contribution in [0.25, 0.3) is 0 Å². The Kier molecular flexibility index (Phi) is 5.58. The summed E-state index contributed by atoms with van der Waals surface area (Å²) >= 11 is 5.53. The lowest BCUT2D eigenvalue weighted by atomic mass is 10.1. The van der Waals surface area contributed by atoms with Gasteiger partial charge in [-0.1, -0.05) is 6.07 Å². The van der Waals surface area contributed by atoms with Gasteiger partial charge in [0.05, 0.1) is 4.92 Å². The average Bonchev–Trinajstić information content (AvgIpc) is 2.34. The number of benzene rings is 1. The van der Waals surface area contributed by atoms with Crippen molar-refractivity contribution < 1.29 is 9.72 Å². The Hall–Kier alpha value is -1.62. The lowest BCUT2D eigenvalue weighted by Crippen LogP contribution is -2.25. The Morgan fingerprint density at radius 1 is 1.44 bits per heavy atom. The first-order chi connectivity index (χ1) is 8.56. The second-order valence-electron chi connectivity index (χ2n) is 3.91. The van der Waals surface area contributed by atoms with E-state index in [1.54, 1.807) is 13.0 Å². The number of nitrogens with zero attached hydrogens (tertiary/aromatic N) is 1. The number of hydrogen-bond acceptors (Lipinski definition) is 3. The lowest BCUT2D eigenvalue weighted by molar-refractivity contribution is -0.384. The highest BCUT2D eigenvalue weighted by Gasteiger charge is 2.13. The van der Waals surface area contributed by atoms with E-state index >= 15 is 0 Å². The summed E-state index contributed by atoms with van der Waals surface area (Å²) in [6.07, 6.45) is 1.62. The average molecular weight is 271 g/mol. The number of unbranched alkanes of at least 4 members (excludes halogenated alkanes) is 1. The van der Waals surface area contributed by atoms with Crippen molar-refractivity contribution in [3.63, 3.8) is 0 Å². The van der Waals surface area contributed by atoms with E-state index in [4.69, 9.17) is 11.6 Å². The summed E-state index contributed by atoms with van der Waals surface area (Å²) in [5, 5.41) is 13.4. The van der Waals surface area contributed by atoms with Gasteiger partial charge in [0.15, 0.2) is 0 Å². The molecule has 1 rings (SSSR count). The summed E-state index contributed by atoms with van der Waals surface area (Å²) in [6, 6.07) is 4.26. The molecule has 6 heteroatoms. The fourth-order valence-electron chi connectivity index (χ4n) is 1.48. The molecule has 0 heterocycles. The van der Waals surface area contributed by atoms with Crippen LogP contribution < -0.4 is 5.32 Å². The number of amides is 1. The maximum Gasteiger partial charge on any atom is 0.270 e. The van der Waals surface area contributed by atoms with E-state index in [2.05, 4.69) is 5.32 Å². The molecule has 0 aliphatic carbocycles. The summed E-state index contributed by atoms with van der Waals surface area (Å²) in [4.78, 5) is 22.0.